The smallest absolute Gasteiger partial charge is 0.253 e. The van der Waals surface area contributed by atoms with Crippen molar-refractivity contribution in [2.75, 3.05) is 31.1 Å². The normalized spacial score (nSPS) is 17.6. The molecule has 6 nitrogen and oxygen atoms in total. The molecule has 4 rings (SSSR count). The first-order chi connectivity index (χ1) is 14.1. The molecule has 1 N–H and O–H groups in total. The number of aldehydes is 1. The standard InChI is InChI=1S/C22H24FN3O3/c23-18-13-16(12-17(14-27)21(18)28)22(29)26-10-6-15(7-11-26)19-4-3-5-20(24-19)25-8-1-2-9-25/h3-5,12-15,28H,1-2,6-11H2. The molecule has 0 atom stereocenters. The van der Waals surface area contributed by atoms with Gasteiger partial charge in [0.1, 0.15) is 5.82 Å². The van der Waals surface area contributed by atoms with Gasteiger partial charge in [-0.1, -0.05) is 6.07 Å². The van der Waals surface area contributed by atoms with Crippen molar-refractivity contribution in [3.05, 3.63) is 53.0 Å². The largest absolute Gasteiger partial charge is 0.504 e. The second kappa shape index (κ2) is 8.19. The maximum Gasteiger partial charge on any atom is 0.253 e. The lowest BCUT2D eigenvalue weighted by Gasteiger charge is -2.32. The highest BCUT2D eigenvalue weighted by Crippen LogP contribution is 2.30. The number of hydrogen-bond acceptors (Lipinski definition) is 5. The van der Waals surface area contributed by atoms with Crippen molar-refractivity contribution in [3.63, 3.8) is 0 Å². The van der Waals surface area contributed by atoms with Gasteiger partial charge >= 0.3 is 0 Å². The summed E-state index contributed by atoms with van der Waals surface area (Å²) in [7, 11) is 0. The fourth-order valence-corrected chi connectivity index (χ4v) is 4.18. The Morgan fingerprint density at radius 2 is 1.86 bits per heavy atom. The molecule has 152 valence electrons. The molecule has 2 fully saturated rings. The van der Waals surface area contributed by atoms with Gasteiger partial charge in [0.2, 0.25) is 0 Å². The van der Waals surface area contributed by atoms with E-state index >= 15 is 0 Å². The van der Waals surface area contributed by atoms with Crippen molar-refractivity contribution in [2.24, 2.45) is 0 Å². The van der Waals surface area contributed by atoms with Crippen LogP contribution in [0, 0.1) is 5.82 Å². The molecule has 0 saturated carbocycles. The van der Waals surface area contributed by atoms with Gasteiger partial charge < -0.3 is 14.9 Å². The molecular formula is C22H24FN3O3. The van der Waals surface area contributed by atoms with Crippen LogP contribution >= 0.6 is 0 Å². The van der Waals surface area contributed by atoms with Gasteiger partial charge in [0.15, 0.2) is 17.9 Å². The van der Waals surface area contributed by atoms with Crippen molar-refractivity contribution in [1.29, 1.82) is 0 Å². The first-order valence-electron chi connectivity index (χ1n) is 10.1. The SMILES string of the molecule is O=Cc1cc(C(=O)N2CCC(c3cccc(N4CCCC4)n3)CC2)cc(F)c1O. The van der Waals surface area contributed by atoms with E-state index in [1.807, 2.05) is 12.1 Å². The maximum atomic E-state index is 13.8. The summed E-state index contributed by atoms with van der Waals surface area (Å²) in [5, 5.41) is 9.53. The highest BCUT2D eigenvalue weighted by Gasteiger charge is 2.27. The van der Waals surface area contributed by atoms with Crippen molar-refractivity contribution >= 4 is 18.0 Å². The van der Waals surface area contributed by atoms with Gasteiger partial charge in [0.25, 0.3) is 5.91 Å². The average Bonchev–Trinajstić information content (AvgIpc) is 3.30. The van der Waals surface area contributed by atoms with E-state index < -0.39 is 11.6 Å². The van der Waals surface area contributed by atoms with Crippen LogP contribution in [-0.2, 0) is 0 Å². The van der Waals surface area contributed by atoms with Crippen molar-refractivity contribution in [1.82, 2.24) is 9.88 Å². The zero-order valence-electron chi connectivity index (χ0n) is 16.2. The molecule has 0 spiro atoms. The van der Waals surface area contributed by atoms with Gasteiger partial charge in [-0.2, -0.15) is 0 Å². The topological polar surface area (TPSA) is 73.7 Å². The van der Waals surface area contributed by atoms with Gasteiger partial charge in [0, 0.05) is 43.4 Å². The Kier molecular flexibility index (Phi) is 5.47. The molecular weight excluding hydrogens is 373 g/mol. The number of amides is 1. The summed E-state index contributed by atoms with van der Waals surface area (Å²) in [6, 6.07) is 8.37. The Morgan fingerprint density at radius 1 is 1.14 bits per heavy atom. The number of carbonyl (C=O) groups is 2. The molecule has 0 radical (unpaired) electrons. The zero-order valence-corrected chi connectivity index (χ0v) is 16.2. The summed E-state index contributed by atoms with van der Waals surface area (Å²) in [6.07, 6.45) is 4.32. The minimum atomic E-state index is -0.962. The van der Waals surface area contributed by atoms with Crippen molar-refractivity contribution in [3.8, 4) is 5.75 Å². The molecule has 1 amide bonds. The quantitative estimate of drug-likeness (QED) is 0.801. The minimum Gasteiger partial charge on any atom is -0.504 e. The Bertz CT molecular complexity index is 920. The summed E-state index contributed by atoms with van der Waals surface area (Å²) < 4.78 is 13.8. The third-order valence-corrected chi connectivity index (χ3v) is 5.85. The molecule has 2 saturated heterocycles. The Labute approximate surface area is 169 Å². The molecule has 7 heteroatoms. The van der Waals surface area contributed by atoms with E-state index in [-0.39, 0.29) is 23.0 Å². The van der Waals surface area contributed by atoms with Gasteiger partial charge in [-0.25, -0.2) is 9.37 Å². The van der Waals surface area contributed by atoms with Crippen molar-refractivity contribution < 1.29 is 19.1 Å². The number of piperidine rings is 1. The predicted octanol–water partition coefficient (Wildman–Crippen LogP) is 3.36. The van der Waals surface area contributed by atoms with Crippen LogP contribution in [0.1, 0.15) is 58.0 Å². The van der Waals surface area contributed by atoms with Gasteiger partial charge in [0.05, 0.1) is 5.56 Å². The number of phenolic OH excluding ortho intramolecular Hbond substituents is 1. The van der Waals surface area contributed by atoms with Gasteiger partial charge in [-0.05, 0) is 49.9 Å². The summed E-state index contributed by atoms with van der Waals surface area (Å²) >= 11 is 0. The van der Waals surface area contributed by atoms with Crippen LogP contribution in [0.25, 0.3) is 0 Å². The number of pyridine rings is 1. The molecule has 0 aliphatic carbocycles. The molecule has 3 heterocycles. The monoisotopic (exact) mass is 397 g/mol. The highest BCUT2D eigenvalue weighted by molar-refractivity contribution is 5.96. The molecule has 0 bridgehead atoms. The lowest BCUT2D eigenvalue weighted by Crippen LogP contribution is -2.38. The molecule has 2 aliphatic rings. The first kappa shape index (κ1) is 19.4. The maximum absolute atomic E-state index is 13.8. The van der Waals surface area contributed by atoms with E-state index in [0.29, 0.717) is 19.4 Å². The van der Waals surface area contributed by atoms with Crippen LogP contribution in [-0.4, -0.2) is 53.4 Å². The van der Waals surface area contributed by atoms with Crippen molar-refractivity contribution in [2.45, 2.75) is 31.6 Å². The molecule has 1 aromatic carbocycles. The van der Waals surface area contributed by atoms with E-state index in [4.69, 9.17) is 4.98 Å². The van der Waals surface area contributed by atoms with E-state index in [1.54, 1.807) is 4.90 Å². The number of aromatic hydroxyl groups is 1. The molecule has 2 aliphatic heterocycles. The second-order valence-electron chi connectivity index (χ2n) is 7.70. The van der Waals surface area contributed by atoms with Crippen LogP contribution in [0.3, 0.4) is 0 Å². The number of carbonyl (C=O) groups excluding carboxylic acids is 2. The summed E-state index contributed by atoms with van der Waals surface area (Å²) in [5.74, 6) is -0.706. The first-order valence-corrected chi connectivity index (χ1v) is 10.1. The van der Waals surface area contributed by atoms with E-state index in [1.165, 1.54) is 18.9 Å². The van der Waals surface area contributed by atoms with Crippen LogP contribution < -0.4 is 4.90 Å². The molecule has 2 aromatic rings. The fourth-order valence-electron chi connectivity index (χ4n) is 4.18. The number of anilines is 1. The Morgan fingerprint density at radius 3 is 2.55 bits per heavy atom. The molecule has 1 aromatic heterocycles. The van der Waals surface area contributed by atoms with Crippen LogP contribution in [0.4, 0.5) is 10.2 Å². The summed E-state index contributed by atoms with van der Waals surface area (Å²) in [4.78, 5) is 32.6. The number of hydrogen-bond donors (Lipinski definition) is 1. The number of halogens is 1. The molecule has 0 unspecified atom stereocenters. The summed E-state index contributed by atoms with van der Waals surface area (Å²) in [6.45, 7) is 3.18. The minimum absolute atomic E-state index is 0.0787. The molecule has 29 heavy (non-hydrogen) atoms. The van der Waals surface area contributed by atoms with E-state index in [0.717, 1.165) is 43.5 Å². The zero-order chi connectivity index (χ0) is 20.4. The number of likely N-dealkylation sites (tertiary alicyclic amines) is 1. The lowest BCUT2D eigenvalue weighted by molar-refractivity contribution is 0.0711. The Hall–Kier alpha value is -2.96. The van der Waals surface area contributed by atoms with Crippen LogP contribution in [0.2, 0.25) is 0 Å². The number of phenols is 1. The van der Waals surface area contributed by atoms with Gasteiger partial charge in [-0.15, -0.1) is 0 Å². The average molecular weight is 397 g/mol. The fraction of sp³-hybridized carbons (Fsp3) is 0.409. The van der Waals surface area contributed by atoms with E-state index in [9.17, 15) is 19.1 Å². The third kappa shape index (κ3) is 3.95. The van der Waals surface area contributed by atoms with Crippen LogP contribution in [0.15, 0.2) is 30.3 Å². The summed E-state index contributed by atoms with van der Waals surface area (Å²) in [5.41, 5.74) is 0.918. The van der Waals surface area contributed by atoms with Crippen LogP contribution in [0.5, 0.6) is 5.75 Å². The third-order valence-electron chi connectivity index (χ3n) is 5.85. The lowest BCUT2D eigenvalue weighted by atomic mass is 9.92. The van der Waals surface area contributed by atoms with Gasteiger partial charge in [-0.3, -0.25) is 9.59 Å². The Balaban J connectivity index is 1.43. The second-order valence-corrected chi connectivity index (χ2v) is 7.70. The number of nitrogens with zero attached hydrogens (tertiary/aromatic N) is 3. The number of aromatic nitrogens is 1. The highest BCUT2D eigenvalue weighted by atomic mass is 19.1. The number of rotatable bonds is 4. The van der Waals surface area contributed by atoms with E-state index in [2.05, 4.69) is 11.0 Å². The number of benzene rings is 1. The predicted molar refractivity (Wildman–Crippen MR) is 107 cm³/mol.